The van der Waals surface area contributed by atoms with Crippen molar-refractivity contribution in [2.45, 2.75) is 322 Å². The maximum absolute atomic E-state index is 12.8. The molecule has 0 aliphatic carbocycles. The normalized spacial score (nSPS) is 12.2. The van der Waals surface area contributed by atoms with Gasteiger partial charge in [0.2, 0.25) is 0 Å². The summed E-state index contributed by atoms with van der Waals surface area (Å²) in [7, 11) is 0. The van der Waals surface area contributed by atoms with E-state index in [1.807, 2.05) is 0 Å². The van der Waals surface area contributed by atoms with Crippen molar-refractivity contribution in [3.63, 3.8) is 0 Å². The van der Waals surface area contributed by atoms with Gasteiger partial charge in [0.05, 0.1) is 0 Å². The minimum atomic E-state index is -0.771. The Balaban J connectivity index is 4.12. The van der Waals surface area contributed by atoms with Gasteiger partial charge in [-0.05, 0) is 77.0 Å². The number of allylic oxidation sites excluding steroid dienone is 6. The second kappa shape index (κ2) is 56.2. The van der Waals surface area contributed by atoms with Crippen molar-refractivity contribution in [2.75, 3.05) is 13.2 Å². The van der Waals surface area contributed by atoms with Crippen LogP contribution in [0.5, 0.6) is 0 Å². The van der Waals surface area contributed by atoms with Crippen LogP contribution in [0.25, 0.3) is 0 Å². The average Bonchev–Trinajstić information content (AvgIpc) is 3.33. The molecule has 0 saturated heterocycles. The Labute approximate surface area is 416 Å². The molecule has 1 unspecified atom stereocenters. The molecule has 0 aliphatic rings. The first-order valence-electron chi connectivity index (χ1n) is 29.5. The third-order valence-corrected chi connectivity index (χ3v) is 13.1. The van der Waals surface area contributed by atoms with Crippen LogP contribution in [0, 0.1) is 0 Å². The molecule has 6 nitrogen and oxygen atoms in total. The Morgan fingerprint density at radius 3 is 0.866 bits per heavy atom. The lowest BCUT2D eigenvalue weighted by Crippen LogP contribution is -2.30. The Hall–Kier alpha value is -2.37. The van der Waals surface area contributed by atoms with Crippen molar-refractivity contribution in [3.8, 4) is 0 Å². The Morgan fingerprint density at radius 1 is 0.299 bits per heavy atom. The zero-order valence-corrected chi connectivity index (χ0v) is 44.9. The predicted octanol–water partition coefficient (Wildman–Crippen LogP) is 19.7. The fourth-order valence-electron chi connectivity index (χ4n) is 8.65. The van der Waals surface area contributed by atoms with Gasteiger partial charge in [-0.25, -0.2) is 0 Å². The van der Waals surface area contributed by atoms with Gasteiger partial charge in [-0.1, -0.05) is 256 Å². The molecular formula is C61H112O6. The Morgan fingerprint density at radius 2 is 0.537 bits per heavy atom. The van der Waals surface area contributed by atoms with Crippen LogP contribution in [-0.4, -0.2) is 37.2 Å². The quantitative estimate of drug-likeness (QED) is 0.0262. The number of hydrogen-bond donors (Lipinski definition) is 0. The lowest BCUT2D eigenvalue weighted by molar-refractivity contribution is -0.167. The summed E-state index contributed by atoms with van der Waals surface area (Å²) < 4.78 is 16.8. The number of unbranched alkanes of at least 4 members (excludes halogenated alkanes) is 37. The molecule has 0 aromatic heterocycles. The summed E-state index contributed by atoms with van der Waals surface area (Å²) in [5, 5.41) is 0. The first-order valence-corrected chi connectivity index (χ1v) is 29.5. The predicted molar refractivity (Wildman–Crippen MR) is 289 cm³/mol. The van der Waals surface area contributed by atoms with E-state index < -0.39 is 6.10 Å². The second-order valence-corrected chi connectivity index (χ2v) is 19.9. The SMILES string of the molecule is CCCCC/C=C\C/C=C\CCCCCCCCCC(=O)OC(COC(=O)CCCCCCCCC)COC(=O)CCCCCCCCCCCCCCC/C=C\CCCCCCCCCC. The van der Waals surface area contributed by atoms with Crippen molar-refractivity contribution in [3.05, 3.63) is 36.5 Å². The Bertz CT molecular complexity index is 1130. The first-order chi connectivity index (χ1) is 33.0. The van der Waals surface area contributed by atoms with Gasteiger partial charge < -0.3 is 14.2 Å². The van der Waals surface area contributed by atoms with Gasteiger partial charge in [-0.15, -0.1) is 0 Å². The van der Waals surface area contributed by atoms with E-state index in [0.29, 0.717) is 19.3 Å². The molecule has 0 amide bonds. The molecule has 0 heterocycles. The fourth-order valence-corrected chi connectivity index (χ4v) is 8.65. The lowest BCUT2D eigenvalue weighted by atomic mass is 10.0. The summed E-state index contributed by atoms with van der Waals surface area (Å²) >= 11 is 0. The van der Waals surface area contributed by atoms with Gasteiger partial charge in [0, 0.05) is 19.3 Å². The van der Waals surface area contributed by atoms with E-state index in [4.69, 9.17) is 14.2 Å². The molecule has 0 aliphatic heterocycles. The summed E-state index contributed by atoms with van der Waals surface area (Å²) in [5.74, 6) is -0.872. The van der Waals surface area contributed by atoms with Gasteiger partial charge in [0.15, 0.2) is 6.10 Å². The number of ether oxygens (including phenoxy) is 3. The van der Waals surface area contributed by atoms with Crippen LogP contribution in [0.4, 0.5) is 0 Å². The Kier molecular flexibility index (Phi) is 54.2. The minimum Gasteiger partial charge on any atom is -0.462 e. The molecule has 392 valence electrons. The van der Waals surface area contributed by atoms with Crippen molar-refractivity contribution >= 4 is 17.9 Å². The third kappa shape index (κ3) is 54.4. The molecule has 1 atom stereocenters. The topological polar surface area (TPSA) is 78.9 Å². The maximum atomic E-state index is 12.8. The van der Waals surface area contributed by atoms with Crippen molar-refractivity contribution in [1.29, 1.82) is 0 Å². The number of carbonyl (C=O) groups is 3. The second-order valence-electron chi connectivity index (χ2n) is 19.9. The van der Waals surface area contributed by atoms with Crippen LogP contribution in [0.2, 0.25) is 0 Å². The van der Waals surface area contributed by atoms with Crippen LogP contribution >= 0.6 is 0 Å². The molecule has 0 fully saturated rings. The van der Waals surface area contributed by atoms with E-state index in [1.165, 1.54) is 205 Å². The van der Waals surface area contributed by atoms with E-state index in [1.54, 1.807) is 0 Å². The van der Waals surface area contributed by atoms with Gasteiger partial charge in [0.25, 0.3) is 0 Å². The molecule has 0 bridgehead atoms. The van der Waals surface area contributed by atoms with Crippen molar-refractivity contribution < 1.29 is 28.6 Å². The van der Waals surface area contributed by atoms with Crippen LogP contribution in [0.3, 0.4) is 0 Å². The molecule has 0 aromatic carbocycles. The summed E-state index contributed by atoms with van der Waals surface area (Å²) in [6, 6.07) is 0. The third-order valence-electron chi connectivity index (χ3n) is 13.1. The van der Waals surface area contributed by atoms with Crippen molar-refractivity contribution in [1.82, 2.24) is 0 Å². The van der Waals surface area contributed by atoms with E-state index in [-0.39, 0.29) is 31.1 Å². The zero-order chi connectivity index (χ0) is 48.6. The molecule has 0 spiro atoms. The summed E-state index contributed by atoms with van der Waals surface area (Å²) in [6.07, 6.45) is 67.4. The molecule has 0 aromatic rings. The van der Waals surface area contributed by atoms with Gasteiger partial charge in [0.1, 0.15) is 13.2 Å². The maximum Gasteiger partial charge on any atom is 0.306 e. The molecular weight excluding hydrogens is 829 g/mol. The summed E-state index contributed by atoms with van der Waals surface area (Å²) in [4.78, 5) is 37.9. The smallest absolute Gasteiger partial charge is 0.306 e. The van der Waals surface area contributed by atoms with Crippen LogP contribution in [0.1, 0.15) is 316 Å². The fraction of sp³-hybridized carbons (Fsp3) is 0.852. The molecule has 0 rings (SSSR count). The van der Waals surface area contributed by atoms with E-state index in [9.17, 15) is 14.4 Å². The molecule has 0 N–H and O–H groups in total. The summed E-state index contributed by atoms with van der Waals surface area (Å²) in [5.41, 5.74) is 0. The van der Waals surface area contributed by atoms with E-state index in [0.717, 1.165) is 70.6 Å². The van der Waals surface area contributed by atoms with Crippen LogP contribution in [0.15, 0.2) is 36.5 Å². The minimum absolute atomic E-state index is 0.0724. The highest BCUT2D eigenvalue weighted by molar-refractivity contribution is 5.71. The summed E-state index contributed by atoms with van der Waals surface area (Å²) in [6.45, 7) is 6.60. The zero-order valence-electron chi connectivity index (χ0n) is 44.9. The van der Waals surface area contributed by atoms with Gasteiger partial charge >= 0.3 is 17.9 Å². The van der Waals surface area contributed by atoms with Crippen LogP contribution in [-0.2, 0) is 28.6 Å². The highest BCUT2D eigenvalue weighted by atomic mass is 16.6. The molecule has 67 heavy (non-hydrogen) atoms. The highest BCUT2D eigenvalue weighted by Crippen LogP contribution is 2.16. The molecule has 0 saturated carbocycles. The lowest BCUT2D eigenvalue weighted by Gasteiger charge is -2.18. The van der Waals surface area contributed by atoms with Crippen LogP contribution < -0.4 is 0 Å². The number of esters is 3. The molecule has 6 heteroatoms. The average molecular weight is 942 g/mol. The highest BCUT2D eigenvalue weighted by Gasteiger charge is 2.19. The van der Waals surface area contributed by atoms with E-state index in [2.05, 4.69) is 57.2 Å². The molecule has 0 radical (unpaired) electrons. The number of hydrogen-bond acceptors (Lipinski definition) is 6. The van der Waals surface area contributed by atoms with Crippen molar-refractivity contribution in [2.24, 2.45) is 0 Å². The number of rotatable bonds is 54. The standard InChI is InChI=1S/C61H112O6/c1-4-7-10-13-16-18-20-22-24-26-27-28-29-30-31-32-33-35-36-38-40-42-45-48-51-54-60(63)66-57-58(56-65-59(62)53-50-47-44-15-12-9-6-3)67-61(64)55-52-49-46-43-41-39-37-34-25-23-21-19-17-14-11-8-5-2/h17,19,23,25-27,58H,4-16,18,20-22,24,28-57H2,1-3H3/b19-17-,25-23-,27-26-. The van der Waals surface area contributed by atoms with Gasteiger partial charge in [-0.3, -0.25) is 14.4 Å². The van der Waals surface area contributed by atoms with E-state index >= 15 is 0 Å². The number of carbonyl (C=O) groups excluding carboxylic acids is 3. The monoisotopic (exact) mass is 941 g/mol. The first kappa shape index (κ1) is 64.6. The largest absolute Gasteiger partial charge is 0.462 e. The van der Waals surface area contributed by atoms with Gasteiger partial charge in [-0.2, -0.15) is 0 Å².